The molecule has 3 rings (SSSR count). The van der Waals surface area contributed by atoms with E-state index in [9.17, 15) is 0 Å². The molecule has 0 saturated heterocycles. The first-order valence-electron chi connectivity index (χ1n) is 6.40. The normalized spacial score (nSPS) is 10.9. The molecule has 0 fully saturated rings. The zero-order valence-electron chi connectivity index (χ0n) is 11.0. The maximum atomic E-state index is 9.04. The van der Waals surface area contributed by atoms with Gasteiger partial charge in [0.1, 0.15) is 5.82 Å². The van der Waals surface area contributed by atoms with Crippen LogP contribution < -0.4 is 0 Å². The van der Waals surface area contributed by atoms with Gasteiger partial charge in [-0.15, -0.1) is 22.9 Å². The second-order valence-electron chi connectivity index (χ2n) is 4.58. The maximum absolute atomic E-state index is 9.04. The van der Waals surface area contributed by atoms with Crippen LogP contribution in [0.4, 0.5) is 0 Å². The van der Waals surface area contributed by atoms with Crippen LogP contribution in [0.3, 0.4) is 0 Å². The third-order valence-corrected chi connectivity index (χ3v) is 4.82. The Morgan fingerprint density at radius 3 is 2.81 bits per heavy atom. The number of hydrogen-bond donors (Lipinski definition) is 0. The highest BCUT2D eigenvalue weighted by molar-refractivity contribution is 7.16. The average Bonchev–Trinajstić information content (AvgIpc) is 3.07. The van der Waals surface area contributed by atoms with Crippen molar-refractivity contribution in [2.45, 2.75) is 18.8 Å². The molecule has 0 N–H and O–H groups in total. The van der Waals surface area contributed by atoms with Crippen LogP contribution >= 0.6 is 34.5 Å². The lowest BCUT2D eigenvalue weighted by Gasteiger charge is -2.06. The number of hydrogen-bond acceptors (Lipinski definition) is 3. The van der Waals surface area contributed by atoms with E-state index in [0.29, 0.717) is 11.4 Å². The largest absolute Gasteiger partial charge is 0.327 e. The fourth-order valence-corrected chi connectivity index (χ4v) is 3.58. The van der Waals surface area contributed by atoms with Crippen molar-refractivity contribution in [2.75, 3.05) is 0 Å². The number of nitriles is 1. The molecule has 0 unspecified atom stereocenters. The Kier molecular flexibility index (Phi) is 4.16. The van der Waals surface area contributed by atoms with Gasteiger partial charge in [0.15, 0.2) is 0 Å². The number of imidazole rings is 1. The summed E-state index contributed by atoms with van der Waals surface area (Å²) in [5.41, 5.74) is 2.45. The Morgan fingerprint density at radius 1 is 1.29 bits per heavy atom. The van der Waals surface area contributed by atoms with Crippen LogP contribution in [0.5, 0.6) is 0 Å². The van der Waals surface area contributed by atoms with E-state index in [2.05, 4.69) is 15.6 Å². The van der Waals surface area contributed by atoms with Crippen LogP contribution in [0.25, 0.3) is 11.0 Å². The molecule has 2 aromatic heterocycles. The molecule has 0 saturated carbocycles. The minimum Gasteiger partial charge on any atom is -0.327 e. The maximum Gasteiger partial charge on any atom is 0.124 e. The number of rotatable bonds is 4. The van der Waals surface area contributed by atoms with E-state index in [1.807, 2.05) is 24.3 Å². The molecule has 1 aromatic carbocycles. The van der Waals surface area contributed by atoms with Crippen molar-refractivity contribution in [1.82, 2.24) is 9.55 Å². The first-order valence-corrected chi connectivity index (χ1v) is 8.13. The second-order valence-corrected chi connectivity index (χ2v) is 6.65. The van der Waals surface area contributed by atoms with Crippen molar-refractivity contribution in [2.24, 2.45) is 0 Å². The molecule has 106 valence electrons. The van der Waals surface area contributed by atoms with Gasteiger partial charge in [0.2, 0.25) is 0 Å². The Balaban J connectivity index is 1.97. The van der Waals surface area contributed by atoms with E-state index in [-0.39, 0.29) is 0 Å². The number of aromatic nitrogens is 2. The van der Waals surface area contributed by atoms with Gasteiger partial charge in [-0.1, -0.05) is 11.6 Å². The number of thiophene rings is 1. The van der Waals surface area contributed by atoms with Crippen LogP contribution in [0.15, 0.2) is 30.3 Å². The van der Waals surface area contributed by atoms with Crippen molar-refractivity contribution in [1.29, 1.82) is 5.26 Å². The van der Waals surface area contributed by atoms with Crippen molar-refractivity contribution >= 4 is 45.6 Å². The summed E-state index contributed by atoms with van der Waals surface area (Å²) in [5, 5.41) is 9.04. The van der Waals surface area contributed by atoms with Gasteiger partial charge in [-0.05, 0) is 36.8 Å². The van der Waals surface area contributed by atoms with Gasteiger partial charge in [0, 0.05) is 11.4 Å². The van der Waals surface area contributed by atoms with Crippen molar-refractivity contribution in [3.63, 3.8) is 0 Å². The average molecular weight is 336 g/mol. The first-order chi connectivity index (χ1) is 10.2. The topological polar surface area (TPSA) is 41.6 Å². The predicted molar refractivity (Wildman–Crippen MR) is 87.0 cm³/mol. The van der Waals surface area contributed by atoms with Gasteiger partial charge in [-0.2, -0.15) is 5.26 Å². The van der Waals surface area contributed by atoms with Crippen LogP contribution in [0.2, 0.25) is 4.34 Å². The molecule has 21 heavy (non-hydrogen) atoms. The van der Waals surface area contributed by atoms with E-state index in [4.69, 9.17) is 28.5 Å². The molecular weight excluding hydrogens is 325 g/mol. The highest BCUT2D eigenvalue weighted by atomic mass is 35.5. The van der Waals surface area contributed by atoms with Gasteiger partial charge in [-0.3, -0.25) is 0 Å². The van der Waals surface area contributed by atoms with Gasteiger partial charge >= 0.3 is 0 Å². The quantitative estimate of drug-likeness (QED) is 0.653. The second kappa shape index (κ2) is 6.07. The smallest absolute Gasteiger partial charge is 0.124 e. The standard InChI is InChI=1S/C15H11Cl2N3S/c16-8-15-19-12-3-1-10(9-18)7-13(12)20(15)6-5-11-2-4-14(17)21-11/h1-4,7H,5-6,8H2. The summed E-state index contributed by atoms with van der Waals surface area (Å²) in [6, 6.07) is 11.6. The number of halogens is 2. The van der Waals surface area contributed by atoms with Gasteiger partial charge in [0.25, 0.3) is 0 Å². The molecule has 6 heteroatoms. The van der Waals surface area contributed by atoms with E-state index in [1.165, 1.54) is 4.88 Å². The summed E-state index contributed by atoms with van der Waals surface area (Å²) in [6.45, 7) is 0.768. The highest BCUT2D eigenvalue weighted by Crippen LogP contribution is 2.24. The van der Waals surface area contributed by atoms with Crippen LogP contribution in [0, 0.1) is 11.3 Å². The fourth-order valence-electron chi connectivity index (χ4n) is 2.30. The third kappa shape index (κ3) is 2.91. The van der Waals surface area contributed by atoms with Crippen molar-refractivity contribution in [3.8, 4) is 6.07 Å². The zero-order chi connectivity index (χ0) is 14.8. The Hall–Kier alpha value is -1.54. The molecule has 3 nitrogen and oxygen atoms in total. The number of aryl methyl sites for hydroxylation is 2. The molecule has 0 aliphatic heterocycles. The lowest BCUT2D eigenvalue weighted by Crippen LogP contribution is -2.04. The Morgan fingerprint density at radius 2 is 2.14 bits per heavy atom. The molecule has 3 aromatic rings. The molecule has 0 radical (unpaired) electrons. The van der Waals surface area contributed by atoms with Gasteiger partial charge in [-0.25, -0.2) is 4.98 Å². The van der Waals surface area contributed by atoms with Gasteiger partial charge in [0.05, 0.1) is 32.9 Å². The Labute approximate surface area is 136 Å². The summed E-state index contributed by atoms with van der Waals surface area (Å²) in [7, 11) is 0. The molecule has 0 atom stereocenters. The lowest BCUT2D eigenvalue weighted by atomic mass is 10.2. The number of benzene rings is 1. The third-order valence-electron chi connectivity index (χ3n) is 3.29. The monoisotopic (exact) mass is 335 g/mol. The number of alkyl halides is 1. The molecular formula is C15H11Cl2N3S. The van der Waals surface area contributed by atoms with E-state index >= 15 is 0 Å². The molecule has 0 aliphatic carbocycles. The van der Waals surface area contributed by atoms with E-state index in [0.717, 1.165) is 34.2 Å². The number of fused-ring (bicyclic) bond motifs is 1. The summed E-state index contributed by atoms with van der Waals surface area (Å²) >= 11 is 13.5. The molecule has 0 bridgehead atoms. The molecule has 2 heterocycles. The summed E-state index contributed by atoms with van der Waals surface area (Å²) in [6.07, 6.45) is 0.865. The fraction of sp³-hybridized carbons (Fsp3) is 0.200. The van der Waals surface area contributed by atoms with Gasteiger partial charge < -0.3 is 4.57 Å². The summed E-state index contributed by atoms with van der Waals surface area (Å²) in [5.74, 6) is 1.17. The van der Waals surface area contributed by atoms with Crippen molar-refractivity contribution in [3.05, 3.63) is 50.9 Å². The summed E-state index contributed by atoms with van der Waals surface area (Å²) in [4.78, 5) is 5.74. The molecule has 0 aliphatic rings. The molecule has 0 amide bonds. The zero-order valence-corrected chi connectivity index (χ0v) is 13.3. The predicted octanol–water partition coefficient (Wildman–Crippen LogP) is 4.60. The summed E-state index contributed by atoms with van der Waals surface area (Å²) < 4.78 is 2.88. The van der Waals surface area contributed by atoms with Crippen LogP contribution in [-0.4, -0.2) is 9.55 Å². The van der Waals surface area contributed by atoms with Crippen LogP contribution in [0.1, 0.15) is 16.3 Å². The van der Waals surface area contributed by atoms with Crippen molar-refractivity contribution < 1.29 is 0 Å². The first kappa shape index (κ1) is 14.4. The minimum atomic E-state index is 0.349. The minimum absolute atomic E-state index is 0.349. The SMILES string of the molecule is N#Cc1ccc2nc(CCl)n(CCc3ccc(Cl)s3)c2c1. The van der Waals surface area contributed by atoms with E-state index < -0.39 is 0 Å². The number of nitrogens with zero attached hydrogens (tertiary/aromatic N) is 3. The van der Waals surface area contributed by atoms with Crippen LogP contribution in [-0.2, 0) is 18.8 Å². The van der Waals surface area contributed by atoms with E-state index in [1.54, 1.807) is 17.4 Å². The Bertz CT molecular complexity index is 829. The lowest BCUT2D eigenvalue weighted by molar-refractivity contribution is 0.693. The molecule has 0 spiro atoms. The highest BCUT2D eigenvalue weighted by Gasteiger charge is 2.11.